The lowest BCUT2D eigenvalue weighted by molar-refractivity contribution is -0.114. The lowest BCUT2D eigenvalue weighted by Crippen LogP contribution is -2.27. The van der Waals surface area contributed by atoms with Crippen molar-refractivity contribution in [3.05, 3.63) is 47.7 Å². The van der Waals surface area contributed by atoms with E-state index in [1.165, 1.54) is 6.33 Å². The molecule has 0 unspecified atom stereocenters. The van der Waals surface area contributed by atoms with Crippen LogP contribution in [0.2, 0.25) is 0 Å². The monoisotopic (exact) mass is 255 g/mol. The summed E-state index contributed by atoms with van der Waals surface area (Å²) in [5, 5.41) is 7.32. The maximum absolute atomic E-state index is 11.9. The zero-order valence-electron chi connectivity index (χ0n) is 10.7. The zero-order valence-corrected chi connectivity index (χ0v) is 10.7. The number of anilines is 1. The van der Waals surface area contributed by atoms with Crippen molar-refractivity contribution in [2.24, 2.45) is 0 Å². The summed E-state index contributed by atoms with van der Waals surface area (Å²) in [6, 6.07) is 3.52. The van der Waals surface area contributed by atoms with Gasteiger partial charge in [-0.25, -0.2) is 4.68 Å². The molecule has 0 aromatic carbocycles. The Bertz CT molecular complexity index is 659. The highest BCUT2D eigenvalue weighted by atomic mass is 16.1. The average Bonchev–Trinajstić information content (AvgIpc) is 2.85. The van der Waals surface area contributed by atoms with Crippen molar-refractivity contribution in [2.45, 2.75) is 19.9 Å². The summed E-state index contributed by atoms with van der Waals surface area (Å²) in [6.07, 6.45) is 4.90. The number of nitrogens with one attached hydrogen (secondary N) is 1. The lowest BCUT2D eigenvalue weighted by Gasteiger charge is -2.27. The van der Waals surface area contributed by atoms with E-state index in [1.54, 1.807) is 24.0 Å². The van der Waals surface area contributed by atoms with Gasteiger partial charge in [-0.15, -0.1) is 0 Å². The Hall–Kier alpha value is -2.50. The molecule has 3 heterocycles. The van der Waals surface area contributed by atoms with Crippen molar-refractivity contribution in [3.8, 4) is 0 Å². The molecule has 6 nitrogen and oxygen atoms in total. The van der Waals surface area contributed by atoms with Crippen LogP contribution in [0.3, 0.4) is 0 Å². The molecule has 0 spiro atoms. The topological polar surface area (TPSA) is 72.7 Å². The minimum absolute atomic E-state index is 0.0213. The van der Waals surface area contributed by atoms with E-state index in [2.05, 4.69) is 20.4 Å². The fourth-order valence-corrected chi connectivity index (χ4v) is 2.40. The standard InChI is InChI=1S/C13H13N5O/c1-8-11(9(2)19)12(10-3-5-14-6-4-10)18-13(17-8)15-7-16-18/h3-7,12H,1-2H3,(H,15,16,17)/t12-/m1/s1. The van der Waals surface area contributed by atoms with Crippen molar-refractivity contribution in [2.75, 3.05) is 5.32 Å². The van der Waals surface area contributed by atoms with Crippen LogP contribution in [0.25, 0.3) is 0 Å². The molecule has 3 rings (SSSR count). The molecule has 1 atom stereocenters. The third-order valence-corrected chi connectivity index (χ3v) is 3.20. The first-order chi connectivity index (χ1) is 9.18. The summed E-state index contributed by atoms with van der Waals surface area (Å²) >= 11 is 0. The first-order valence-electron chi connectivity index (χ1n) is 5.96. The van der Waals surface area contributed by atoms with Crippen LogP contribution in [0.1, 0.15) is 25.5 Å². The number of fused-ring (bicyclic) bond motifs is 1. The van der Waals surface area contributed by atoms with Crippen molar-refractivity contribution in [1.82, 2.24) is 19.7 Å². The molecule has 0 fully saturated rings. The Morgan fingerprint density at radius 2 is 2.11 bits per heavy atom. The summed E-state index contributed by atoms with van der Waals surface area (Å²) in [5.74, 6) is 0.664. The minimum Gasteiger partial charge on any atom is -0.328 e. The maximum atomic E-state index is 11.9. The fraction of sp³-hybridized carbons (Fsp3) is 0.231. The summed E-state index contributed by atoms with van der Waals surface area (Å²) in [6.45, 7) is 3.44. The van der Waals surface area contributed by atoms with Crippen molar-refractivity contribution in [1.29, 1.82) is 0 Å². The Morgan fingerprint density at radius 1 is 1.37 bits per heavy atom. The van der Waals surface area contributed by atoms with Gasteiger partial charge in [0.1, 0.15) is 12.4 Å². The number of nitrogens with zero attached hydrogens (tertiary/aromatic N) is 4. The van der Waals surface area contributed by atoms with Crippen LogP contribution in [0.4, 0.5) is 5.95 Å². The summed E-state index contributed by atoms with van der Waals surface area (Å²) in [5.41, 5.74) is 2.48. The Kier molecular flexibility index (Phi) is 2.63. The molecule has 2 aromatic rings. The third kappa shape index (κ3) is 1.81. The molecule has 2 aromatic heterocycles. The van der Waals surface area contributed by atoms with Gasteiger partial charge in [0.25, 0.3) is 0 Å². The van der Waals surface area contributed by atoms with Gasteiger partial charge in [0, 0.05) is 23.7 Å². The average molecular weight is 255 g/mol. The second-order valence-corrected chi connectivity index (χ2v) is 4.43. The molecule has 1 aliphatic heterocycles. The van der Waals surface area contributed by atoms with Gasteiger partial charge in [0.15, 0.2) is 5.78 Å². The molecule has 0 radical (unpaired) electrons. The first-order valence-corrected chi connectivity index (χ1v) is 5.96. The number of carbonyl (C=O) groups excluding carboxylic acids is 1. The van der Waals surface area contributed by atoms with Crippen LogP contribution in [-0.2, 0) is 4.79 Å². The quantitative estimate of drug-likeness (QED) is 0.881. The van der Waals surface area contributed by atoms with Gasteiger partial charge in [-0.1, -0.05) is 0 Å². The van der Waals surface area contributed by atoms with Crippen LogP contribution in [-0.4, -0.2) is 25.5 Å². The predicted octanol–water partition coefficient (Wildman–Crippen LogP) is 1.55. The molecular weight excluding hydrogens is 242 g/mol. The molecule has 1 aliphatic rings. The summed E-state index contributed by atoms with van der Waals surface area (Å²) < 4.78 is 1.72. The highest BCUT2D eigenvalue weighted by Gasteiger charge is 2.31. The molecular formula is C13H13N5O. The van der Waals surface area contributed by atoms with Crippen molar-refractivity contribution >= 4 is 11.7 Å². The number of pyridine rings is 1. The van der Waals surface area contributed by atoms with Gasteiger partial charge in [-0.3, -0.25) is 9.78 Å². The van der Waals surface area contributed by atoms with Gasteiger partial charge in [-0.2, -0.15) is 10.1 Å². The molecule has 1 N–H and O–H groups in total. The Balaban J connectivity index is 2.21. The van der Waals surface area contributed by atoms with Crippen LogP contribution in [0.5, 0.6) is 0 Å². The normalized spacial score (nSPS) is 17.9. The van der Waals surface area contributed by atoms with Crippen molar-refractivity contribution in [3.63, 3.8) is 0 Å². The predicted molar refractivity (Wildman–Crippen MR) is 69.4 cm³/mol. The number of aromatic nitrogens is 4. The van der Waals surface area contributed by atoms with E-state index >= 15 is 0 Å². The van der Waals surface area contributed by atoms with Crippen LogP contribution >= 0.6 is 0 Å². The van der Waals surface area contributed by atoms with Gasteiger partial charge in [0.05, 0.1) is 0 Å². The smallest absolute Gasteiger partial charge is 0.226 e. The molecule has 96 valence electrons. The number of Topliss-reactive ketones (excluding diaryl/α,β-unsaturated/α-hetero) is 1. The number of hydrogen-bond donors (Lipinski definition) is 1. The molecule has 0 aliphatic carbocycles. The highest BCUT2D eigenvalue weighted by molar-refractivity contribution is 5.96. The van der Waals surface area contributed by atoms with E-state index < -0.39 is 0 Å². The Morgan fingerprint density at radius 3 is 2.79 bits per heavy atom. The van der Waals surface area contributed by atoms with Crippen LogP contribution in [0, 0.1) is 0 Å². The van der Waals surface area contributed by atoms with Crippen LogP contribution < -0.4 is 5.32 Å². The number of ketones is 1. The van der Waals surface area contributed by atoms with Gasteiger partial charge >= 0.3 is 0 Å². The number of carbonyl (C=O) groups is 1. The van der Waals surface area contributed by atoms with E-state index in [9.17, 15) is 4.79 Å². The molecule has 19 heavy (non-hydrogen) atoms. The van der Waals surface area contributed by atoms with E-state index in [1.807, 2.05) is 19.1 Å². The largest absolute Gasteiger partial charge is 0.328 e. The van der Waals surface area contributed by atoms with Crippen LogP contribution in [0.15, 0.2) is 42.1 Å². The van der Waals surface area contributed by atoms with Crippen molar-refractivity contribution < 1.29 is 4.79 Å². The fourth-order valence-electron chi connectivity index (χ4n) is 2.40. The highest BCUT2D eigenvalue weighted by Crippen LogP contribution is 2.34. The SMILES string of the molecule is CC(=O)C1=C(C)Nc2ncnn2[C@@H]1c1ccncc1. The number of hydrogen-bond acceptors (Lipinski definition) is 5. The third-order valence-electron chi connectivity index (χ3n) is 3.20. The molecule has 0 saturated heterocycles. The lowest BCUT2D eigenvalue weighted by atomic mass is 9.94. The van der Waals surface area contributed by atoms with E-state index in [0.717, 1.165) is 11.3 Å². The minimum atomic E-state index is -0.251. The number of rotatable bonds is 2. The molecule has 0 bridgehead atoms. The second-order valence-electron chi connectivity index (χ2n) is 4.43. The van der Waals surface area contributed by atoms with Gasteiger partial charge < -0.3 is 5.32 Å². The molecule has 6 heteroatoms. The molecule has 0 amide bonds. The maximum Gasteiger partial charge on any atom is 0.226 e. The number of allylic oxidation sites excluding steroid dienone is 2. The van der Waals surface area contributed by atoms with Gasteiger partial charge in [-0.05, 0) is 31.5 Å². The van der Waals surface area contributed by atoms with Gasteiger partial charge in [0.2, 0.25) is 5.95 Å². The Labute approximate surface area is 110 Å². The summed E-state index contributed by atoms with van der Waals surface area (Å²) in [4.78, 5) is 20.1. The zero-order chi connectivity index (χ0) is 13.4. The summed E-state index contributed by atoms with van der Waals surface area (Å²) in [7, 11) is 0. The first kappa shape index (κ1) is 11.6. The van der Waals surface area contributed by atoms with E-state index in [-0.39, 0.29) is 11.8 Å². The van der Waals surface area contributed by atoms with E-state index in [0.29, 0.717) is 11.5 Å². The molecule has 0 saturated carbocycles. The second kappa shape index (κ2) is 4.31. The van der Waals surface area contributed by atoms with E-state index in [4.69, 9.17) is 0 Å².